The van der Waals surface area contributed by atoms with Crippen LogP contribution in [0.2, 0.25) is 0 Å². The van der Waals surface area contributed by atoms with Gasteiger partial charge in [0.05, 0.1) is 18.6 Å². The minimum Gasteiger partial charge on any atom is -0.493 e. The van der Waals surface area contributed by atoms with Gasteiger partial charge in [-0.3, -0.25) is 14.3 Å². The van der Waals surface area contributed by atoms with Crippen molar-refractivity contribution in [2.75, 3.05) is 11.9 Å². The summed E-state index contributed by atoms with van der Waals surface area (Å²) >= 11 is 0. The lowest BCUT2D eigenvalue weighted by molar-refractivity contribution is -0.118. The highest BCUT2D eigenvalue weighted by molar-refractivity contribution is 6.03. The number of hydrogen-bond acceptors (Lipinski definition) is 4. The molecule has 2 amide bonds. The number of ether oxygens (including phenoxy) is 1. The smallest absolute Gasteiger partial charge is 0.276 e. The molecule has 7 nitrogen and oxygen atoms in total. The molecule has 3 rings (SSSR count). The number of nitrogens with zero attached hydrogens (tertiary/aromatic N) is 2. The third-order valence-electron chi connectivity index (χ3n) is 4.33. The van der Waals surface area contributed by atoms with Crippen LogP contribution in [0.1, 0.15) is 62.1 Å². The lowest BCUT2D eigenvalue weighted by Gasteiger charge is -2.22. The van der Waals surface area contributed by atoms with E-state index in [0.717, 1.165) is 18.5 Å². The summed E-state index contributed by atoms with van der Waals surface area (Å²) in [5.41, 5.74) is 7.12. The summed E-state index contributed by atoms with van der Waals surface area (Å²) < 4.78 is 7.39. The van der Waals surface area contributed by atoms with Crippen molar-refractivity contribution in [3.63, 3.8) is 0 Å². The van der Waals surface area contributed by atoms with Crippen molar-refractivity contribution < 1.29 is 14.3 Å². The van der Waals surface area contributed by atoms with Crippen LogP contribution in [0, 0.1) is 0 Å². The Morgan fingerprint density at radius 1 is 1.26 bits per heavy atom. The fraction of sp³-hybridized carbons (Fsp3) is 0.450. The van der Waals surface area contributed by atoms with Crippen LogP contribution >= 0.6 is 0 Å². The molecule has 0 aliphatic heterocycles. The van der Waals surface area contributed by atoms with Gasteiger partial charge in [-0.1, -0.05) is 0 Å². The van der Waals surface area contributed by atoms with Crippen LogP contribution in [0.15, 0.2) is 30.3 Å². The third-order valence-corrected chi connectivity index (χ3v) is 4.33. The maximum absolute atomic E-state index is 12.6. The lowest BCUT2D eigenvalue weighted by Crippen LogP contribution is -2.25. The first-order chi connectivity index (χ1) is 12.7. The Bertz CT molecular complexity index is 830. The summed E-state index contributed by atoms with van der Waals surface area (Å²) in [4.78, 5) is 23.3. The van der Waals surface area contributed by atoms with Gasteiger partial charge in [0.25, 0.3) is 5.91 Å². The van der Waals surface area contributed by atoms with E-state index < -0.39 is 5.91 Å². The van der Waals surface area contributed by atoms with Crippen molar-refractivity contribution in [3.8, 4) is 5.75 Å². The summed E-state index contributed by atoms with van der Waals surface area (Å²) in [6.45, 7) is 6.49. The van der Waals surface area contributed by atoms with E-state index in [1.807, 2.05) is 10.7 Å². The fourth-order valence-corrected chi connectivity index (χ4v) is 2.81. The van der Waals surface area contributed by atoms with Crippen molar-refractivity contribution in [3.05, 3.63) is 41.7 Å². The Balaban J connectivity index is 1.66. The van der Waals surface area contributed by atoms with Gasteiger partial charge >= 0.3 is 0 Å². The number of amides is 2. The molecule has 1 aliphatic carbocycles. The molecule has 1 aromatic carbocycles. The SMILES string of the molecule is CC(C)(C)n1nc(C(=O)Nc2ccc(OCCC(N)=O)cc2)cc1C1CC1. The van der Waals surface area contributed by atoms with Gasteiger partial charge < -0.3 is 15.8 Å². The van der Waals surface area contributed by atoms with Gasteiger partial charge in [-0.05, 0) is 63.9 Å². The number of nitrogens with one attached hydrogen (secondary N) is 1. The molecule has 1 heterocycles. The molecule has 0 spiro atoms. The van der Waals surface area contributed by atoms with E-state index in [1.54, 1.807) is 24.3 Å². The van der Waals surface area contributed by atoms with E-state index in [0.29, 0.717) is 23.0 Å². The zero-order valence-corrected chi connectivity index (χ0v) is 16.0. The molecule has 7 heteroatoms. The first-order valence-corrected chi connectivity index (χ1v) is 9.17. The Hall–Kier alpha value is -2.83. The van der Waals surface area contributed by atoms with Gasteiger partial charge in [-0.15, -0.1) is 0 Å². The number of anilines is 1. The first-order valence-electron chi connectivity index (χ1n) is 9.17. The summed E-state index contributed by atoms with van der Waals surface area (Å²) in [5.74, 6) is 0.485. The highest BCUT2D eigenvalue weighted by atomic mass is 16.5. The first kappa shape index (κ1) is 18.9. The predicted molar refractivity (Wildman–Crippen MR) is 103 cm³/mol. The Morgan fingerprint density at radius 3 is 2.48 bits per heavy atom. The Labute approximate surface area is 158 Å². The van der Waals surface area contributed by atoms with Crippen molar-refractivity contribution in [2.24, 2.45) is 5.73 Å². The largest absolute Gasteiger partial charge is 0.493 e. The molecule has 0 unspecified atom stereocenters. The van der Waals surface area contributed by atoms with Gasteiger partial charge in [-0.25, -0.2) is 0 Å². The second-order valence-electron chi connectivity index (χ2n) is 7.85. The fourth-order valence-electron chi connectivity index (χ4n) is 2.81. The van der Waals surface area contributed by atoms with E-state index in [-0.39, 0.29) is 24.5 Å². The predicted octanol–water partition coefficient (Wildman–Crippen LogP) is 3.02. The molecule has 1 aliphatic rings. The van der Waals surface area contributed by atoms with Crippen molar-refractivity contribution >= 4 is 17.5 Å². The maximum atomic E-state index is 12.6. The van der Waals surface area contributed by atoms with Crippen molar-refractivity contribution in [1.82, 2.24) is 9.78 Å². The Morgan fingerprint density at radius 2 is 1.93 bits per heavy atom. The lowest BCUT2D eigenvalue weighted by atomic mass is 10.1. The second kappa shape index (κ2) is 7.42. The molecule has 144 valence electrons. The number of nitrogens with two attached hydrogens (primary N) is 1. The number of hydrogen-bond donors (Lipinski definition) is 2. The van der Waals surface area contributed by atoms with Gasteiger partial charge in [0.15, 0.2) is 5.69 Å². The summed E-state index contributed by atoms with van der Waals surface area (Å²) in [5, 5.41) is 7.42. The van der Waals surface area contributed by atoms with E-state index in [4.69, 9.17) is 10.5 Å². The van der Waals surface area contributed by atoms with Crippen LogP contribution in [-0.4, -0.2) is 28.2 Å². The highest BCUT2D eigenvalue weighted by Crippen LogP contribution is 2.41. The molecule has 1 fully saturated rings. The molecule has 0 bridgehead atoms. The molecular weight excluding hydrogens is 344 g/mol. The minimum absolute atomic E-state index is 0.165. The maximum Gasteiger partial charge on any atom is 0.276 e. The van der Waals surface area contributed by atoms with Gasteiger partial charge in [0.2, 0.25) is 5.91 Å². The van der Waals surface area contributed by atoms with Crippen molar-refractivity contribution in [2.45, 2.75) is 51.5 Å². The van der Waals surface area contributed by atoms with Crippen LogP contribution in [0.25, 0.3) is 0 Å². The van der Waals surface area contributed by atoms with Crippen LogP contribution in [0.5, 0.6) is 5.75 Å². The number of aromatic nitrogens is 2. The van der Waals surface area contributed by atoms with Crippen LogP contribution < -0.4 is 15.8 Å². The molecule has 0 atom stereocenters. The average Bonchev–Trinajstić information content (AvgIpc) is 3.32. The summed E-state index contributed by atoms with van der Waals surface area (Å²) in [7, 11) is 0. The number of rotatable bonds is 7. The number of primary amides is 1. The zero-order chi connectivity index (χ0) is 19.6. The van der Waals surface area contributed by atoms with E-state index >= 15 is 0 Å². The topological polar surface area (TPSA) is 99.2 Å². The van der Waals surface area contributed by atoms with E-state index in [9.17, 15) is 9.59 Å². The molecule has 0 saturated heterocycles. The van der Waals surface area contributed by atoms with Crippen LogP contribution in [0.3, 0.4) is 0 Å². The number of carbonyl (C=O) groups excluding carboxylic acids is 2. The molecule has 0 radical (unpaired) electrons. The molecule has 1 saturated carbocycles. The summed E-state index contributed by atoms with van der Waals surface area (Å²) in [6, 6.07) is 8.87. The van der Waals surface area contributed by atoms with Crippen LogP contribution in [-0.2, 0) is 10.3 Å². The third kappa shape index (κ3) is 4.87. The quantitative estimate of drug-likeness (QED) is 0.782. The molecule has 27 heavy (non-hydrogen) atoms. The molecule has 1 aromatic heterocycles. The second-order valence-corrected chi connectivity index (χ2v) is 7.85. The van der Waals surface area contributed by atoms with Gasteiger partial charge in [0, 0.05) is 17.3 Å². The number of benzene rings is 1. The number of carbonyl (C=O) groups is 2. The van der Waals surface area contributed by atoms with Crippen molar-refractivity contribution in [1.29, 1.82) is 0 Å². The van der Waals surface area contributed by atoms with E-state index in [2.05, 4.69) is 31.2 Å². The standard InChI is InChI=1S/C20H26N4O3/c1-20(2,3)24-17(13-4-5-13)12-16(23-24)19(26)22-14-6-8-15(9-7-14)27-11-10-18(21)25/h6-9,12-13H,4-5,10-11H2,1-3H3,(H2,21,25)(H,22,26). The molecule has 2 aromatic rings. The Kier molecular flexibility index (Phi) is 5.21. The highest BCUT2D eigenvalue weighted by Gasteiger charge is 2.32. The monoisotopic (exact) mass is 370 g/mol. The zero-order valence-electron chi connectivity index (χ0n) is 16.0. The average molecular weight is 370 g/mol. The minimum atomic E-state index is -0.404. The van der Waals surface area contributed by atoms with E-state index in [1.165, 1.54) is 0 Å². The van der Waals surface area contributed by atoms with Gasteiger partial charge in [-0.2, -0.15) is 5.10 Å². The molecule has 3 N–H and O–H groups in total. The van der Waals surface area contributed by atoms with Crippen LogP contribution in [0.4, 0.5) is 5.69 Å². The summed E-state index contributed by atoms with van der Waals surface area (Å²) in [6.07, 6.45) is 2.47. The normalized spacial score (nSPS) is 14.0. The van der Waals surface area contributed by atoms with Gasteiger partial charge in [0.1, 0.15) is 5.75 Å². The molecular formula is C20H26N4O3.